The molecule has 1 fully saturated rings. The molecular weight excluding hydrogens is 836 g/mol. The molecule has 1 unspecified atom stereocenters. The molecule has 1 atom stereocenters. The van der Waals surface area contributed by atoms with Crippen LogP contribution in [-0.2, 0) is 23.8 Å². The van der Waals surface area contributed by atoms with Gasteiger partial charge in [-0.1, -0.05) is 17.7 Å². The molecule has 0 radical (unpaired) electrons. The van der Waals surface area contributed by atoms with Gasteiger partial charge in [0.15, 0.2) is 11.1 Å². The van der Waals surface area contributed by atoms with Gasteiger partial charge in [-0.3, -0.25) is 34.2 Å². The number of ether oxygens (including phenoxy) is 6. The highest BCUT2D eigenvalue weighted by Crippen LogP contribution is 2.39. The second kappa shape index (κ2) is 20.4. The van der Waals surface area contributed by atoms with Gasteiger partial charge in [0, 0.05) is 42.4 Å². The van der Waals surface area contributed by atoms with Gasteiger partial charge in [-0.2, -0.15) is 0 Å². The number of hydrogen-bond acceptors (Lipinski definition) is 13. The van der Waals surface area contributed by atoms with Crippen molar-refractivity contribution in [2.75, 3.05) is 71.8 Å². The number of rotatable bonds is 20. The highest BCUT2D eigenvalue weighted by Gasteiger charge is 2.46. The summed E-state index contributed by atoms with van der Waals surface area (Å²) >= 11 is 6.65. The van der Waals surface area contributed by atoms with Crippen LogP contribution < -0.4 is 30.3 Å². The molecule has 1 saturated heterocycles. The first kappa shape index (κ1) is 44.3. The molecule has 16 nitrogen and oxygen atoms in total. The average molecular weight is 879 g/mol. The van der Waals surface area contributed by atoms with Crippen molar-refractivity contribution >= 4 is 57.6 Å². The summed E-state index contributed by atoms with van der Waals surface area (Å²) < 4.78 is 40.5. The maximum absolute atomic E-state index is 13.4. The molecule has 63 heavy (non-hydrogen) atoms. The van der Waals surface area contributed by atoms with Crippen LogP contribution in [-0.4, -0.2) is 101 Å². The van der Waals surface area contributed by atoms with Crippen LogP contribution in [0, 0.1) is 6.57 Å². The zero-order valence-corrected chi connectivity index (χ0v) is 35.2. The van der Waals surface area contributed by atoms with E-state index in [4.69, 9.17) is 51.0 Å². The largest absolute Gasteiger partial charge is 0.493 e. The summed E-state index contributed by atoms with van der Waals surface area (Å²) in [7, 11) is 1.77. The third kappa shape index (κ3) is 10.1. The minimum absolute atomic E-state index is 0.0339. The van der Waals surface area contributed by atoms with E-state index in [0.29, 0.717) is 77.3 Å². The van der Waals surface area contributed by atoms with Gasteiger partial charge in [0.2, 0.25) is 11.8 Å². The Labute approximate surface area is 366 Å². The number of anilines is 1. The predicted octanol–water partition coefficient (Wildman–Crippen LogP) is 6.68. The monoisotopic (exact) mass is 878 g/mol. The van der Waals surface area contributed by atoms with E-state index in [9.17, 15) is 24.0 Å². The summed E-state index contributed by atoms with van der Waals surface area (Å²) in [5.74, 6) is -0.875. The molecule has 4 aromatic carbocycles. The normalized spacial score (nSPS) is 14.7. The number of carbonyl (C=O) groups is 4. The van der Waals surface area contributed by atoms with Crippen LogP contribution in [0.3, 0.4) is 0 Å². The molecule has 2 N–H and O–H groups in total. The van der Waals surface area contributed by atoms with Crippen molar-refractivity contribution in [3.8, 4) is 39.7 Å². The van der Waals surface area contributed by atoms with Crippen LogP contribution in [0.5, 0.6) is 17.2 Å². The Balaban J connectivity index is 0.814. The topological polar surface area (TPSA) is 186 Å². The van der Waals surface area contributed by atoms with Crippen molar-refractivity contribution in [3.63, 3.8) is 0 Å². The second-order valence-corrected chi connectivity index (χ2v) is 14.6. The van der Waals surface area contributed by atoms with Crippen molar-refractivity contribution in [1.82, 2.24) is 10.2 Å². The van der Waals surface area contributed by atoms with E-state index in [2.05, 4.69) is 15.5 Å². The van der Waals surface area contributed by atoms with Crippen LogP contribution in [0.4, 0.5) is 11.4 Å². The molecule has 0 spiro atoms. The summed E-state index contributed by atoms with van der Waals surface area (Å²) in [6.07, 6.45) is 0.0996. The zero-order chi connectivity index (χ0) is 44.5. The van der Waals surface area contributed by atoms with Gasteiger partial charge in [-0.05, 0) is 73.5 Å². The van der Waals surface area contributed by atoms with E-state index in [1.165, 1.54) is 12.1 Å². The lowest BCUT2D eigenvalue weighted by Crippen LogP contribution is -2.54. The second-order valence-electron chi connectivity index (χ2n) is 14.2. The molecule has 326 valence electrons. The summed E-state index contributed by atoms with van der Waals surface area (Å²) in [6, 6.07) is 18.9. The highest BCUT2D eigenvalue weighted by atomic mass is 35.5. The summed E-state index contributed by atoms with van der Waals surface area (Å²) in [4.78, 5) is 68.0. The number of piperidine rings is 1. The third-order valence-corrected chi connectivity index (χ3v) is 10.4. The Kier molecular flexibility index (Phi) is 14.3. The highest BCUT2D eigenvalue weighted by molar-refractivity contribution is 6.33. The van der Waals surface area contributed by atoms with Crippen LogP contribution in [0.1, 0.15) is 40.5 Å². The van der Waals surface area contributed by atoms with Crippen molar-refractivity contribution < 1.29 is 52.0 Å². The predicted molar refractivity (Wildman–Crippen MR) is 232 cm³/mol. The third-order valence-electron chi connectivity index (χ3n) is 10.1. The molecule has 17 heteroatoms. The minimum Gasteiger partial charge on any atom is -0.493 e. The number of carbonyl (C=O) groups excluding carboxylic acids is 4. The first-order chi connectivity index (χ1) is 30.6. The van der Waals surface area contributed by atoms with E-state index in [-0.39, 0.29) is 67.3 Å². The fourth-order valence-corrected chi connectivity index (χ4v) is 7.42. The van der Waals surface area contributed by atoms with Gasteiger partial charge >= 0.3 is 0 Å². The first-order valence-corrected chi connectivity index (χ1v) is 20.6. The van der Waals surface area contributed by atoms with E-state index in [0.717, 1.165) is 16.2 Å². The van der Waals surface area contributed by atoms with E-state index >= 15 is 0 Å². The Morgan fingerprint density at radius 2 is 1.52 bits per heavy atom. The number of hydrogen-bond donors (Lipinski definition) is 2. The van der Waals surface area contributed by atoms with Gasteiger partial charge < -0.3 is 38.2 Å². The first-order valence-electron chi connectivity index (χ1n) is 20.2. The Morgan fingerprint density at radius 3 is 2.21 bits per heavy atom. The standard InChI is InChI=1S/C46H43ClN4O12/c1-4-60-39-26-41-34(24-33(39)27-20-28(48-2)22-29(21-27)49-3)37(52)25-40(63-41)31-9-8-30(23-35(31)47)61-18-16-58-14-12-57-13-15-59-17-19-62-38-7-5-6-32-43(38)46(56)51(45(32)55)36-10-11-42(53)50-44(36)54/h5-9,20-26,36,48H,4,10-19H2,1-2H3,(H,50,53,54). The molecule has 2 aliphatic heterocycles. The summed E-state index contributed by atoms with van der Waals surface area (Å²) in [6.45, 7) is 11.8. The molecule has 0 aliphatic carbocycles. The molecular formula is C46H43ClN4O12. The molecule has 0 bridgehead atoms. The fraction of sp³-hybridized carbons (Fsp3) is 0.304. The minimum atomic E-state index is -1.06. The van der Waals surface area contributed by atoms with Crippen molar-refractivity contribution in [2.24, 2.45) is 0 Å². The molecule has 2 aliphatic rings. The van der Waals surface area contributed by atoms with Crippen LogP contribution in [0.25, 0.3) is 38.3 Å². The fourth-order valence-electron chi connectivity index (χ4n) is 7.15. The number of amides is 4. The number of imide groups is 2. The lowest BCUT2D eigenvalue weighted by Gasteiger charge is -2.27. The van der Waals surface area contributed by atoms with Gasteiger partial charge in [0.05, 0.1) is 74.4 Å². The van der Waals surface area contributed by atoms with Crippen molar-refractivity contribution in [3.05, 3.63) is 111 Å². The number of halogens is 1. The maximum Gasteiger partial charge on any atom is 0.266 e. The molecule has 3 heterocycles. The van der Waals surface area contributed by atoms with Crippen LogP contribution in [0.2, 0.25) is 5.02 Å². The summed E-state index contributed by atoms with van der Waals surface area (Å²) in [5, 5.41) is 5.92. The lowest BCUT2D eigenvalue weighted by atomic mass is 10.0. The van der Waals surface area contributed by atoms with Crippen LogP contribution >= 0.6 is 11.6 Å². The molecule has 7 rings (SSSR count). The molecule has 4 amide bonds. The Morgan fingerprint density at radius 1 is 0.794 bits per heavy atom. The maximum atomic E-state index is 13.4. The summed E-state index contributed by atoms with van der Waals surface area (Å²) in [5.41, 5.74) is 3.36. The number of nitrogens with one attached hydrogen (secondary N) is 2. The number of nitrogens with zero attached hydrogens (tertiary/aromatic N) is 2. The number of benzene rings is 4. The van der Waals surface area contributed by atoms with E-state index in [1.807, 2.05) is 13.0 Å². The van der Waals surface area contributed by atoms with Crippen molar-refractivity contribution in [1.29, 1.82) is 0 Å². The van der Waals surface area contributed by atoms with Gasteiger partial charge in [0.1, 0.15) is 47.8 Å². The molecule has 1 aromatic heterocycles. The molecule has 0 saturated carbocycles. The lowest BCUT2D eigenvalue weighted by molar-refractivity contribution is -0.136. The van der Waals surface area contributed by atoms with Gasteiger partial charge in [0.25, 0.3) is 11.8 Å². The number of fused-ring (bicyclic) bond motifs is 2. The quantitative estimate of drug-likeness (QED) is 0.0480. The van der Waals surface area contributed by atoms with Crippen molar-refractivity contribution in [2.45, 2.75) is 25.8 Å². The zero-order valence-electron chi connectivity index (χ0n) is 34.5. The Bertz CT molecular complexity index is 2660. The smallest absolute Gasteiger partial charge is 0.266 e. The van der Waals surface area contributed by atoms with E-state index in [1.54, 1.807) is 61.6 Å². The van der Waals surface area contributed by atoms with Crippen LogP contribution in [0.15, 0.2) is 82.0 Å². The SMILES string of the molecule is [C-]#[N+]c1cc(NC)cc(-c2cc3c(=O)cc(-c4ccc(OCCOCCOCCOCCOc5cccc6c5C(=O)N(C5CCC(=O)NC5=O)C6=O)cc4Cl)oc3cc2OCC)c1. The van der Waals surface area contributed by atoms with Gasteiger partial charge in [-0.15, -0.1) is 0 Å². The Hall–Kier alpha value is -6.77. The average Bonchev–Trinajstić information content (AvgIpc) is 3.53. The van der Waals surface area contributed by atoms with Gasteiger partial charge in [-0.25, -0.2) is 4.85 Å². The molecule has 5 aromatic rings. The van der Waals surface area contributed by atoms with E-state index < -0.39 is 29.7 Å².